The molecule has 1 N–H and O–H groups in total. The molecule has 1 aliphatic heterocycles. The molecule has 5 rings (SSSR count). The van der Waals surface area contributed by atoms with E-state index in [1.165, 1.54) is 19.1 Å². The van der Waals surface area contributed by atoms with Crippen molar-refractivity contribution in [2.24, 2.45) is 0 Å². The molecule has 8 nitrogen and oxygen atoms in total. The minimum Gasteiger partial charge on any atom is -0.451 e. The van der Waals surface area contributed by atoms with Crippen molar-refractivity contribution in [1.29, 1.82) is 0 Å². The zero-order valence-electron chi connectivity index (χ0n) is 19.5. The Hall–Kier alpha value is -3.85. The average molecular weight is 477 g/mol. The summed E-state index contributed by atoms with van der Waals surface area (Å²) in [6.45, 7) is 4.54. The van der Waals surface area contributed by atoms with E-state index in [1.807, 2.05) is 25.1 Å². The van der Waals surface area contributed by atoms with Gasteiger partial charge in [-0.15, -0.1) is 0 Å². The lowest BCUT2D eigenvalue weighted by molar-refractivity contribution is -0.121. The Balaban J connectivity index is 1.31. The number of carbonyl (C=O) groups excluding carboxylic acids is 2. The van der Waals surface area contributed by atoms with Crippen LogP contribution in [0.2, 0.25) is 0 Å². The van der Waals surface area contributed by atoms with Crippen LogP contribution in [0.3, 0.4) is 0 Å². The minimum atomic E-state index is -0.461. The standard InChI is InChI=1S/C26H25FN4O4/c1-15(25(33)28-22-20-10-3-4-11-21(20)34-23(22)16(2)32)31-12-6-8-18(14-31)26-29-24(30-35-26)17-7-5-9-19(27)13-17/h3-5,7,9-11,13,15,18H,6,8,12,14H2,1-2H3,(H,28,33). The molecule has 1 fully saturated rings. The van der Waals surface area contributed by atoms with Crippen molar-refractivity contribution in [2.45, 2.75) is 38.6 Å². The summed E-state index contributed by atoms with van der Waals surface area (Å²) >= 11 is 0. The number of ketones is 1. The van der Waals surface area contributed by atoms with Crippen LogP contribution in [0.5, 0.6) is 0 Å². The highest BCUT2D eigenvalue weighted by Crippen LogP contribution is 2.32. The number of piperidine rings is 1. The number of furan rings is 1. The van der Waals surface area contributed by atoms with Crippen molar-refractivity contribution < 1.29 is 22.9 Å². The molecular weight excluding hydrogens is 451 g/mol. The number of fused-ring (bicyclic) bond motifs is 1. The van der Waals surface area contributed by atoms with E-state index >= 15 is 0 Å². The summed E-state index contributed by atoms with van der Waals surface area (Å²) in [6.07, 6.45) is 1.70. The lowest BCUT2D eigenvalue weighted by Gasteiger charge is -2.34. The lowest BCUT2D eigenvalue weighted by Crippen LogP contribution is -2.46. The number of likely N-dealkylation sites (tertiary alicyclic amines) is 1. The molecule has 1 aliphatic rings. The van der Waals surface area contributed by atoms with Gasteiger partial charge in [-0.2, -0.15) is 4.98 Å². The average Bonchev–Trinajstić information content (AvgIpc) is 3.50. The molecule has 0 radical (unpaired) electrons. The fourth-order valence-electron chi connectivity index (χ4n) is 4.52. The third-order valence-corrected chi connectivity index (χ3v) is 6.42. The minimum absolute atomic E-state index is 0.0451. The van der Waals surface area contributed by atoms with Gasteiger partial charge >= 0.3 is 0 Å². The number of nitrogens with one attached hydrogen (secondary N) is 1. The highest BCUT2D eigenvalue weighted by molar-refractivity contribution is 6.11. The van der Waals surface area contributed by atoms with Gasteiger partial charge < -0.3 is 14.3 Å². The number of para-hydroxylation sites is 1. The number of hydrogen-bond acceptors (Lipinski definition) is 7. The molecule has 35 heavy (non-hydrogen) atoms. The van der Waals surface area contributed by atoms with Crippen LogP contribution in [0.1, 0.15) is 49.1 Å². The molecule has 0 bridgehead atoms. The van der Waals surface area contributed by atoms with E-state index in [0.29, 0.717) is 40.5 Å². The summed E-state index contributed by atoms with van der Waals surface area (Å²) in [4.78, 5) is 31.9. The molecule has 3 heterocycles. The molecule has 1 amide bonds. The first kappa shape index (κ1) is 22.9. The molecule has 0 spiro atoms. The number of anilines is 1. The number of aromatic nitrogens is 2. The lowest BCUT2D eigenvalue weighted by atomic mass is 9.96. The third kappa shape index (κ3) is 4.59. The Morgan fingerprint density at radius 2 is 2.03 bits per heavy atom. The Labute approximate surface area is 201 Å². The molecule has 0 aliphatic carbocycles. The molecular formula is C26H25FN4O4. The molecule has 0 saturated carbocycles. The van der Waals surface area contributed by atoms with Crippen LogP contribution in [-0.4, -0.2) is 45.9 Å². The maximum Gasteiger partial charge on any atom is 0.241 e. The predicted octanol–water partition coefficient (Wildman–Crippen LogP) is 5.03. The molecule has 9 heteroatoms. The van der Waals surface area contributed by atoms with Gasteiger partial charge in [-0.05, 0) is 50.6 Å². The van der Waals surface area contributed by atoms with E-state index in [1.54, 1.807) is 18.2 Å². The van der Waals surface area contributed by atoms with E-state index in [4.69, 9.17) is 8.94 Å². The van der Waals surface area contributed by atoms with Gasteiger partial charge in [0.05, 0.1) is 17.6 Å². The maximum atomic E-state index is 13.6. The van der Waals surface area contributed by atoms with E-state index in [-0.39, 0.29) is 29.2 Å². The second kappa shape index (κ2) is 9.42. The zero-order valence-corrected chi connectivity index (χ0v) is 19.5. The van der Waals surface area contributed by atoms with Crippen molar-refractivity contribution in [3.05, 3.63) is 66.0 Å². The van der Waals surface area contributed by atoms with Crippen molar-refractivity contribution >= 4 is 28.3 Å². The van der Waals surface area contributed by atoms with E-state index in [0.717, 1.165) is 19.4 Å². The Morgan fingerprint density at radius 1 is 1.20 bits per heavy atom. The quantitative estimate of drug-likeness (QED) is 0.389. The Kier molecular flexibility index (Phi) is 6.17. The topological polar surface area (TPSA) is 101 Å². The largest absolute Gasteiger partial charge is 0.451 e. The number of rotatable bonds is 6. The van der Waals surface area contributed by atoms with Gasteiger partial charge in [0.1, 0.15) is 11.4 Å². The molecule has 180 valence electrons. The fourth-order valence-corrected chi connectivity index (χ4v) is 4.52. The smallest absolute Gasteiger partial charge is 0.241 e. The number of benzene rings is 2. The summed E-state index contributed by atoms with van der Waals surface area (Å²) in [5, 5.41) is 7.62. The van der Waals surface area contributed by atoms with Gasteiger partial charge in [-0.3, -0.25) is 14.5 Å². The maximum absolute atomic E-state index is 13.6. The highest BCUT2D eigenvalue weighted by atomic mass is 19.1. The SMILES string of the molecule is CC(=O)c1oc2ccccc2c1NC(=O)C(C)N1CCCC(c2nc(-c3cccc(F)c3)no2)C1. The van der Waals surface area contributed by atoms with Crippen LogP contribution in [0.15, 0.2) is 57.5 Å². The van der Waals surface area contributed by atoms with Crippen molar-refractivity contribution in [2.75, 3.05) is 18.4 Å². The summed E-state index contributed by atoms with van der Waals surface area (Å²) in [5.74, 6) is 0.0526. The summed E-state index contributed by atoms with van der Waals surface area (Å²) in [7, 11) is 0. The number of hydrogen-bond donors (Lipinski definition) is 1. The molecule has 2 aromatic heterocycles. The Bertz CT molecular complexity index is 1400. The third-order valence-electron chi connectivity index (χ3n) is 6.42. The summed E-state index contributed by atoms with van der Waals surface area (Å²) < 4.78 is 24.7. The normalized spacial score (nSPS) is 17.4. The van der Waals surface area contributed by atoms with Crippen LogP contribution in [0, 0.1) is 5.82 Å². The number of amides is 1. The first-order valence-corrected chi connectivity index (χ1v) is 11.6. The van der Waals surface area contributed by atoms with Crippen LogP contribution in [0.4, 0.5) is 10.1 Å². The second-order valence-corrected chi connectivity index (χ2v) is 8.82. The first-order chi connectivity index (χ1) is 16.9. The van der Waals surface area contributed by atoms with Gasteiger partial charge in [-0.25, -0.2) is 4.39 Å². The van der Waals surface area contributed by atoms with Gasteiger partial charge in [0.15, 0.2) is 11.5 Å². The second-order valence-electron chi connectivity index (χ2n) is 8.82. The van der Waals surface area contributed by atoms with E-state index in [9.17, 15) is 14.0 Å². The zero-order chi connectivity index (χ0) is 24.5. The number of nitrogens with zero attached hydrogens (tertiary/aromatic N) is 3. The number of Topliss-reactive ketones (excluding diaryl/α,β-unsaturated/α-hetero) is 1. The molecule has 2 atom stereocenters. The molecule has 2 aromatic carbocycles. The van der Waals surface area contributed by atoms with Crippen molar-refractivity contribution in [3.8, 4) is 11.4 Å². The van der Waals surface area contributed by atoms with Crippen LogP contribution >= 0.6 is 0 Å². The van der Waals surface area contributed by atoms with Gasteiger partial charge in [0.2, 0.25) is 17.6 Å². The van der Waals surface area contributed by atoms with E-state index < -0.39 is 6.04 Å². The monoisotopic (exact) mass is 476 g/mol. The summed E-state index contributed by atoms with van der Waals surface area (Å²) in [6, 6.07) is 12.8. The van der Waals surface area contributed by atoms with Crippen molar-refractivity contribution in [3.63, 3.8) is 0 Å². The molecule has 4 aromatic rings. The molecule has 2 unspecified atom stereocenters. The first-order valence-electron chi connectivity index (χ1n) is 11.6. The number of halogens is 1. The van der Waals surface area contributed by atoms with Crippen LogP contribution in [0.25, 0.3) is 22.4 Å². The van der Waals surface area contributed by atoms with Gasteiger partial charge in [-0.1, -0.05) is 29.4 Å². The predicted molar refractivity (Wildman–Crippen MR) is 128 cm³/mol. The van der Waals surface area contributed by atoms with E-state index in [2.05, 4.69) is 20.4 Å². The fraction of sp³-hybridized carbons (Fsp3) is 0.308. The van der Waals surface area contributed by atoms with Gasteiger partial charge in [0, 0.05) is 24.4 Å². The summed E-state index contributed by atoms with van der Waals surface area (Å²) in [5.41, 5.74) is 1.49. The van der Waals surface area contributed by atoms with Crippen LogP contribution in [-0.2, 0) is 4.79 Å². The van der Waals surface area contributed by atoms with Crippen molar-refractivity contribution in [1.82, 2.24) is 15.0 Å². The Morgan fingerprint density at radius 3 is 2.83 bits per heavy atom. The van der Waals surface area contributed by atoms with Gasteiger partial charge in [0.25, 0.3) is 0 Å². The number of carbonyl (C=O) groups is 2. The molecule has 1 saturated heterocycles. The van der Waals surface area contributed by atoms with Crippen LogP contribution < -0.4 is 5.32 Å². The highest BCUT2D eigenvalue weighted by Gasteiger charge is 2.32.